The van der Waals surface area contributed by atoms with E-state index in [1.807, 2.05) is 0 Å². The van der Waals surface area contributed by atoms with Gasteiger partial charge in [-0.15, -0.1) is 0 Å². The van der Waals surface area contributed by atoms with E-state index in [9.17, 15) is 9.59 Å². The number of nitrogens with one attached hydrogen (secondary N) is 2. The summed E-state index contributed by atoms with van der Waals surface area (Å²) in [6.07, 6.45) is 0. The number of rotatable bonds is 4. The van der Waals surface area contributed by atoms with Crippen molar-refractivity contribution in [2.24, 2.45) is 0 Å². The number of hydrogen-bond acceptors (Lipinski definition) is 3. The molecule has 5 heteroatoms. The van der Waals surface area contributed by atoms with E-state index in [2.05, 4.69) is 10.6 Å². The molecule has 0 unspecified atom stereocenters. The molecule has 0 aliphatic rings. The second-order valence-electron chi connectivity index (χ2n) is 2.32. The first-order valence-corrected chi connectivity index (χ1v) is 3.59. The molecular formula is C7H14N2O3. The zero-order chi connectivity index (χ0) is 9.56. The van der Waals surface area contributed by atoms with E-state index in [0.29, 0.717) is 0 Å². The topological polar surface area (TPSA) is 67.4 Å². The van der Waals surface area contributed by atoms with Gasteiger partial charge in [-0.25, -0.2) is 0 Å². The minimum Gasteiger partial charge on any atom is -0.382 e. The van der Waals surface area contributed by atoms with Crippen LogP contribution in [0.2, 0.25) is 0 Å². The van der Waals surface area contributed by atoms with Crippen molar-refractivity contribution in [1.29, 1.82) is 0 Å². The van der Waals surface area contributed by atoms with Crippen LogP contribution in [0.25, 0.3) is 0 Å². The maximum absolute atomic E-state index is 11.0. The third-order valence-electron chi connectivity index (χ3n) is 1.27. The molecule has 0 rings (SSSR count). The van der Waals surface area contributed by atoms with E-state index >= 15 is 0 Å². The average Bonchev–Trinajstić information content (AvgIpc) is 2.01. The van der Waals surface area contributed by atoms with Gasteiger partial charge in [0, 0.05) is 21.1 Å². The van der Waals surface area contributed by atoms with Crippen molar-refractivity contribution in [3.05, 3.63) is 0 Å². The summed E-state index contributed by atoms with van der Waals surface area (Å²) >= 11 is 0. The molecule has 0 saturated carbocycles. The molecule has 0 bridgehead atoms. The monoisotopic (exact) mass is 174 g/mol. The zero-order valence-electron chi connectivity index (χ0n) is 7.51. The molecule has 0 aromatic heterocycles. The molecule has 2 amide bonds. The van der Waals surface area contributed by atoms with Crippen LogP contribution in [0.1, 0.15) is 6.92 Å². The Morgan fingerprint density at radius 1 is 1.50 bits per heavy atom. The quantitative estimate of drug-likeness (QED) is 0.567. The Hall–Kier alpha value is -1.10. The van der Waals surface area contributed by atoms with Crippen molar-refractivity contribution in [3.63, 3.8) is 0 Å². The molecule has 1 atom stereocenters. The number of amides is 2. The summed E-state index contributed by atoms with van der Waals surface area (Å²) < 4.78 is 4.75. The van der Waals surface area contributed by atoms with Crippen LogP contribution < -0.4 is 10.6 Å². The fourth-order valence-electron chi connectivity index (χ4n) is 0.769. The van der Waals surface area contributed by atoms with Gasteiger partial charge in [0.2, 0.25) is 11.8 Å². The summed E-state index contributed by atoms with van der Waals surface area (Å²) in [5, 5.41) is 4.88. The molecule has 0 aliphatic carbocycles. The predicted molar refractivity (Wildman–Crippen MR) is 43.5 cm³/mol. The van der Waals surface area contributed by atoms with E-state index in [0.717, 1.165) is 0 Å². The Balaban J connectivity index is 4.02. The van der Waals surface area contributed by atoms with Crippen LogP contribution in [0, 0.1) is 0 Å². The molecule has 0 heterocycles. The second-order valence-corrected chi connectivity index (χ2v) is 2.32. The highest BCUT2D eigenvalue weighted by Gasteiger charge is 2.16. The first-order valence-electron chi connectivity index (χ1n) is 3.59. The molecule has 5 nitrogen and oxygen atoms in total. The third kappa shape index (κ3) is 3.92. The lowest BCUT2D eigenvalue weighted by Crippen LogP contribution is -2.47. The van der Waals surface area contributed by atoms with E-state index in [4.69, 9.17) is 4.74 Å². The maximum Gasteiger partial charge on any atom is 0.244 e. The van der Waals surface area contributed by atoms with Crippen LogP contribution in [0.3, 0.4) is 0 Å². The largest absolute Gasteiger partial charge is 0.382 e. The van der Waals surface area contributed by atoms with Gasteiger partial charge in [0.1, 0.15) is 6.04 Å². The molecule has 0 aromatic rings. The number of carbonyl (C=O) groups is 2. The lowest BCUT2D eigenvalue weighted by Gasteiger charge is -2.14. The highest BCUT2D eigenvalue weighted by molar-refractivity contribution is 5.86. The molecule has 0 radical (unpaired) electrons. The van der Waals surface area contributed by atoms with Crippen LogP contribution in [-0.2, 0) is 14.3 Å². The van der Waals surface area contributed by atoms with Crippen LogP contribution in [0.15, 0.2) is 0 Å². The van der Waals surface area contributed by atoms with Crippen molar-refractivity contribution in [3.8, 4) is 0 Å². The number of likely N-dealkylation sites (N-methyl/N-ethyl adjacent to an activating group) is 1. The van der Waals surface area contributed by atoms with Crippen molar-refractivity contribution in [1.82, 2.24) is 10.6 Å². The fraction of sp³-hybridized carbons (Fsp3) is 0.714. The number of hydrogen-bond donors (Lipinski definition) is 2. The molecule has 70 valence electrons. The molecule has 0 spiro atoms. The van der Waals surface area contributed by atoms with Gasteiger partial charge in [0.25, 0.3) is 0 Å². The number of ether oxygens (including phenoxy) is 1. The van der Waals surface area contributed by atoms with Gasteiger partial charge in [-0.05, 0) is 0 Å². The average molecular weight is 174 g/mol. The van der Waals surface area contributed by atoms with Crippen LogP contribution >= 0.6 is 0 Å². The van der Waals surface area contributed by atoms with Crippen molar-refractivity contribution >= 4 is 11.8 Å². The first-order chi connectivity index (χ1) is 5.61. The van der Waals surface area contributed by atoms with Crippen molar-refractivity contribution in [2.75, 3.05) is 20.8 Å². The summed E-state index contributed by atoms with van der Waals surface area (Å²) in [4.78, 5) is 21.6. The van der Waals surface area contributed by atoms with Crippen LogP contribution in [0.4, 0.5) is 0 Å². The van der Waals surface area contributed by atoms with E-state index in [1.54, 1.807) is 0 Å². The minimum atomic E-state index is -0.600. The molecule has 0 fully saturated rings. The Kier molecular flexibility index (Phi) is 5.03. The Morgan fingerprint density at radius 2 is 2.08 bits per heavy atom. The maximum atomic E-state index is 11.0. The molecule has 0 saturated heterocycles. The summed E-state index contributed by atoms with van der Waals surface area (Å²) in [7, 11) is 2.98. The number of methoxy groups -OCH3 is 1. The summed E-state index contributed by atoms with van der Waals surface area (Å²) in [5.41, 5.74) is 0. The molecule has 2 N–H and O–H groups in total. The van der Waals surface area contributed by atoms with Crippen molar-refractivity contribution in [2.45, 2.75) is 13.0 Å². The normalized spacial score (nSPS) is 11.9. The van der Waals surface area contributed by atoms with Crippen molar-refractivity contribution < 1.29 is 14.3 Å². The highest BCUT2D eigenvalue weighted by atomic mass is 16.5. The van der Waals surface area contributed by atoms with Gasteiger partial charge >= 0.3 is 0 Å². The smallest absolute Gasteiger partial charge is 0.244 e. The molecule has 0 aromatic carbocycles. The molecule has 0 aliphatic heterocycles. The first kappa shape index (κ1) is 10.9. The van der Waals surface area contributed by atoms with Gasteiger partial charge in [-0.3, -0.25) is 9.59 Å². The van der Waals surface area contributed by atoms with Gasteiger partial charge < -0.3 is 15.4 Å². The van der Waals surface area contributed by atoms with Gasteiger partial charge in [-0.1, -0.05) is 0 Å². The summed E-state index contributed by atoms with van der Waals surface area (Å²) in [5.74, 6) is -0.507. The van der Waals surface area contributed by atoms with E-state index in [1.165, 1.54) is 21.1 Å². The Labute approximate surface area is 71.5 Å². The van der Waals surface area contributed by atoms with Crippen LogP contribution in [0.5, 0.6) is 0 Å². The van der Waals surface area contributed by atoms with E-state index in [-0.39, 0.29) is 18.4 Å². The highest BCUT2D eigenvalue weighted by Crippen LogP contribution is 1.84. The SMILES string of the molecule is CNC(=O)[C@H](COC)NC(C)=O. The Morgan fingerprint density at radius 3 is 2.42 bits per heavy atom. The van der Waals surface area contributed by atoms with Gasteiger partial charge in [-0.2, -0.15) is 0 Å². The summed E-state index contributed by atoms with van der Waals surface area (Å²) in [6.45, 7) is 1.53. The second kappa shape index (κ2) is 5.54. The van der Waals surface area contributed by atoms with Gasteiger partial charge in [0.15, 0.2) is 0 Å². The molecule has 12 heavy (non-hydrogen) atoms. The lowest BCUT2D eigenvalue weighted by atomic mass is 10.3. The Bertz CT molecular complexity index is 170. The number of carbonyl (C=O) groups excluding carboxylic acids is 2. The zero-order valence-corrected chi connectivity index (χ0v) is 7.51. The lowest BCUT2D eigenvalue weighted by molar-refractivity contribution is -0.129. The van der Waals surface area contributed by atoms with Gasteiger partial charge in [0.05, 0.1) is 6.61 Å². The predicted octanol–water partition coefficient (Wildman–Crippen LogP) is -1.12. The van der Waals surface area contributed by atoms with E-state index < -0.39 is 6.04 Å². The minimum absolute atomic E-state index is 0.180. The fourth-order valence-corrected chi connectivity index (χ4v) is 0.769. The standard InChI is InChI=1S/C7H14N2O3/c1-5(10)9-6(4-12-3)7(11)8-2/h6H,4H2,1-3H3,(H,8,11)(H,9,10)/t6-/m0/s1. The summed E-state index contributed by atoms with van der Waals surface area (Å²) in [6, 6.07) is -0.600. The van der Waals surface area contributed by atoms with Crippen LogP contribution in [-0.4, -0.2) is 38.6 Å². The molecular weight excluding hydrogens is 160 g/mol. The third-order valence-corrected chi connectivity index (χ3v) is 1.27.